The molecule has 1 saturated heterocycles. The number of ether oxygens (including phenoxy) is 2. The van der Waals surface area contributed by atoms with Gasteiger partial charge in [0.1, 0.15) is 17.6 Å². The molecule has 0 N–H and O–H groups in total. The Labute approximate surface area is 167 Å². The first-order valence-corrected chi connectivity index (χ1v) is 12.3. The van der Waals surface area contributed by atoms with E-state index in [1.807, 2.05) is 6.92 Å². The summed E-state index contributed by atoms with van der Waals surface area (Å²) in [5, 5.41) is 2.06. The van der Waals surface area contributed by atoms with Crippen molar-refractivity contribution in [3.05, 3.63) is 29.3 Å². The number of nitrogens with zero attached hydrogens (tertiary/aromatic N) is 2. The number of thiazole rings is 1. The second kappa shape index (κ2) is 7.98. The summed E-state index contributed by atoms with van der Waals surface area (Å²) in [4.78, 5) is 4.75. The molecule has 2 aliphatic heterocycles. The Morgan fingerprint density at radius 1 is 1.22 bits per heavy atom. The van der Waals surface area contributed by atoms with E-state index >= 15 is 0 Å². The number of thioether (sulfide) groups is 1. The fourth-order valence-corrected chi connectivity index (χ4v) is 6.78. The van der Waals surface area contributed by atoms with Gasteiger partial charge in [-0.15, -0.1) is 11.3 Å². The Morgan fingerprint density at radius 3 is 2.67 bits per heavy atom. The second-order valence-electron chi connectivity index (χ2n) is 6.72. The number of sulfonamides is 1. The quantitative estimate of drug-likeness (QED) is 0.683. The topological polar surface area (TPSA) is 68.7 Å². The van der Waals surface area contributed by atoms with E-state index in [1.54, 1.807) is 45.6 Å². The maximum absolute atomic E-state index is 13.0. The van der Waals surface area contributed by atoms with Crippen LogP contribution in [0.2, 0.25) is 0 Å². The molecule has 0 radical (unpaired) electrons. The molecule has 0 saturated carbocycles. The summed E-state index contributed by atoms with van der Waals surface area (Å²) in [7, 11) is -3.50. The van der Waals surface area contributed by atoms with Crippen LogP contribution in [0.1, 0.15) is 18.5 Å². The van der Waals surface area contributed by atoms with Crippen LogP contribution in [0.5, 0.6) is 11.5 Å². The highest BCUT2D eigenvalue weighted by Gasteiger charge is 2.30. The smallest absolute Gasteiger partial charge is 0.243 e. The normalized spacial score (nSPS) is 18.6. The Bertz CT molecular complexity index is 905. The SMILES string of the molecule is Cc1csc(SCC2CCN(S(=O)(=O)c3ccc4c(c3)OCCO4)CC2)n1. The van der Waals surface area contributed by atoms with E-state index in [1.165, 1.54) is 0 Å². The van der Waals surface area contributed by atoms with Crippen LogP contribution in [0.25, 0.3) is 0 Å². The molecule has 0 spiro atoms. The van der Waals surface area contributed by atoms with Crippen molar-refractivity contribution in [1.82, 2.24) is 9.29 Å². The number of hydrogen-bond acceptors (Lipinski definition) is 7. The van der Waals surface area contributed by atoms with Gasteiger partial charge in [-0.25, -0.2) is 13.4 Å². The van der Waals surface area contributed by atoms with Crippen molar-refractivity contribution < 1.29 is 17.9 Å². The molecule has 0 unspecified atom stereocenters. The van der Waals surface area contributed by atoms with Crippen LogP contribution in [0.4, 0.5) is 0 Å². The van der Waals surface area contributed by atoms with Crippen LogP contribution in [-0.2, 0) is 10.0 Å². The van der Waals surface area contributed by atoms with E-state index in [0.29, 0.717) is 43.7 Å². The molecule has 0 atom stereocenters. The number of aromatic nitrogens is 1. The summed E-state index contributed by atoms with van der Waals surface area (Å²) in [6, 6.07) is 4.87. The summed E-state index contributed by atoms with van der Waals surface area (Å²) in [6.45, 7) is 4.04. The Kier molecular flexibility index (Phi) is 5.63. The zero-order valence-corrected chi connectivity index (χ0v) is 17.5. The van der Waals surface area contributed by atoms with Crippen molar-refractivity contribution in [2.45, 2.75) is 29.0 Å². The van der Waals surface area contributed by atoms with Gasteiger partial charge in [-0.2, -0.15) is 4.31 Å². The number of benzene rings is 1. The van der Waals surface area contributed by atoms with E-state index in [0.717, 1.165) is 28.6 Å². The molecule has 1 aromatic carbocycles. The summed E-state index contributed by atoms with van der Waals surface area (Å²) >= 11 is 3.45. The molecule has 4 rings (SSSR count). The summed E-state index contributed by atoms with van der Waals surface area (Å²) in [6.07, 6.45) is 1.75. The lowest BCUT2D eigenvalue weighted by molar-refractivity contribution is 0.171. The highest BCUT2D eigenvalue weighted by molar-refractivity contribution is 8.01. The number of rotatable bonds is 5. The van der Waals surface area contributed by atoms with Gasteiger partial charge >= 0.3 is 0 Å². The molecule has 0 aliphatic carbocycles. The lowest BCUT2D eigenvalue weighted by atomic mass is 10.0. The van der Waals surface area contributed by atoms with Gasteiger partial charge in [0.25, 0.3) is 0 Å². The van der Waals surface area contributed by atoms with Gasteiger partial charge in [-0.05, 0) is 37.8 Å². The first-order chi connectivity index (χ1) is 13.0. The summed E-state index contributed by atoms with van der Waals surface area (Å²) in [5.41, 5.74) is 1.06. The Hall–Kier alpha value is -1.29. The monoisotopic (exact) mass is 426 g/mol. The predicted molar refractivity (Wildman–Crippen MR) is 106 cm³/mol. The molecule has 27 heavy (non-hydrogen) atoms. The summed E-state index contributed by atoms with van der Waals surface area (Å²) < 4.78 is 39.6. The fraction of sp³-hybridized carbons (Fsp3) is 0.500. The Morgan fingerprint density at radius 2 is 1.96 bits per heavy atom. The minimum Gasteiger partial charge on any atom is -0.486 e. The molecule has 1 aromatic heterocycles. The molecule has 3 heterocycles. The first kappa shape index (κ1) is 19.0. The van der Waals surface area contributed by atoms with Gasteiger partial charge in [0.15, 0.2) is 11.5 Å². The maximum atomic E-state index is 13.0. The van der Waals surface area contributed by atoms with Gasteiger partial charge in [0.2, 0.25) is 10.0 Å². The van der Waals surface area contributed by atoms with E-state index in [2.05, 4.69) is 10.4 Å². The molecule has 1 fully saturated rings. The Balaban J connectivity index is 1.36. The van der Waals surface area contributed by atoms with Crippen LogP contribution in [0.15, 0.2) is 32.8 Å². The van der Waals surface area contributed by atoms with E-state index in [-0.39, 0.29) is 4.90 Å². The minimum atomic E-state index is -3.50. The molecule has 9 heteroatoms. The van der Waals surface area contributed by atoms with Gasteiger partial charge in [-0.3, -0.25) is 0 Å². The number of aryl methyl sites for hydroxylation is 1. The zero-order valence-electron chi connectivity index (χ0n) is 15.1. The van der Waals surface area contributed by atoms with Gasteiger partial charge < -0.3 is 9.47 Å². The lowest BCUT2D eigenvalue weighted by Crippen LogP contribution is -2.39. The lowest BCUT2D eigenvalue weighted by Gasteiger charge is -2.31. The van der Waals surface area contributed by atoms with Crippen LogP contribution in [-0.4, -0.2) is 49.8 Å². The molecule has 2 aliphatic rings. The van der Waals surface area contributed by atoms with E-state index < -0.39 is 10.0 Å². The first-order valence-electron chi connectivity index (χ1n) is 8.97. The van der Waals surface area contributed by atoms with Gasteiger partial charge in [0, 0.05) is 36.0 Å². The highest BCUT2D eigenvalue weighted by atomic mass is 32.2. The molecule has 2 aromatic rings. The largest absolute Gasteiger partial charge is 0.486 e. The van der Waals surface area contributed by atoms with Crippen molar-refractivity contribution in [2.24, 2.45) is 5.92 Å². The maximum Gasteiger partial charge on any atom is 0.243 e. The number of fused-ring (bicyclic) bond motifs is 1. The number of hydrogen-bond donors (Lipinski definition) is 0. The van der Waals surface area contributed by atoms with Crippen molar-refractivity contribution in [1.29, 1.82) is 0 Å². The zero-order chi connectivity index (χ0) is 18.9. The average molecular weight is 427 g/mol. The van der Waals surface area contributed by atoms with Crippen LogP contribution in [0.3, 0.4) is 0 Å². The minimum absolute atomic E-state index is 0.276. The average Bonchev–Trinajstić information content (AvgIpc) is 3.11. The number of piperidine rings is 1. The van der Waals surface area contributed by atoms with Crippen molar-refractivity contribution in [3.8, 4) is 11.5 Å². The van der Waals surface area contributed by atoms with Crippen LogP contribution < -0.4 is 9.47 Å². The molecule has 146 valence electrons. The van der Waals surface area contributed by atoms with Crippen LogP contribution >= 0.6 is 23.1 Å². The van der Waals surface area contributed by atoms with Crippen molar-refractivity contribution >= 4 is 33.1 Å². The summed E-state index contributed by atoms with van der Waals surface area (Å²) in [5.74, 6) is 2.62. The van der Waals surface area contributed by atoms with Crippen molar-refractivity contribution in [3.63, 3.8) is 0 Å². The van der Waals surface area contributed by atoms with Crippen LogP contribution in [0, 0.1) is 12.8 Å². The molecule has 0 amide bonds. The second-order valence-corrected chi connectivity index (χ2v) is 10.8. The molecular weight excluding hydrogens is 404 g/mol. The molecular formula is C18H22N2O4S3. The molecule has 0 bridgehead atoms. The van der Waals surface area contributed by atoms with E-state index in [9.17, 15) is 8.42 Å². The third-order valence-corrected chi connectivity index (χ3v) is 9.03. The fourth-order valence-electron chi connectivity index (χ4n) is 3.24. The predicted octanol–water partition coefficient (Wildman–Crippen LogP) is 3.42. The van der Waals surface area contributed by atoms with E-state index in [4.69, 9.17) is 9.47 Å². The third-order valence-electron chi connectivity index (χ3n) is 4.77. The highest BCUT2D eigenvalue weighted by Crippen LogP contribution is 2.35. The third kappa shape index (κ3) is 4.26. The van der Waals surface area contributed by atoms with Gasteiger partial charge in [0.05, 0.1) is 4.90 Å². The molecule has 6 nitrogen and oxygen atoms in total. The van der Waals surface area contributed by atoms with Gasteiger partial charge in [-0.1, -0.05) is 11.8 Å². The standard InChI is InChI=1S/C18H22N2O4S3/c1-13-11-25-18(19-13)26-12-14-4-6-20(7-5-14)27(21,22)15-2-3-16-17(10-15)24-9-8-23-16/h2-3,10-11,14H,4-9,12H2,1H3. The van der Waals surface area contributed by atoms with Crippen molar-refractivity contribution in [2.75, 3.05) is 32.1 Å².